The monoisotopic (exact) mass is 175 g/mol. The van der Waals surface area contributed by atoms with Gasteiger partial charge in [0, 0.05) is 5.69 Å². The van der Waals surface area contributed by atoms with E-state index in [0.29, 0.717) is 6.67 Å². The maximum absolute atomic E-state index is 11.4. The molecule has 66 valence electrons. The molecule has 1 aliphatic heterocycles. The van der Waals surface area contributed by atoms with Gasteiger partial charge in [0.25, 0.3) is 5.91 Å². The van der Waals surface area contributed by atoms with Crippen molar-refractivity contribution in [3.05, 3.63) is 30.3 Å². The molecular formula is C9H9N3O. The summed E-state index contributed by atoms with van der Waals surface area (Å²) in [5, 5.41) is 0. The number of anilines is 1. The highest BCUT2D eigenvalue weighted by molar-refractivity contribution is 6.43. The number of nitrogens with two attached hydrogens (primary N) is 1. The van der Waals surface area contributed by atoms with Gasteiger partial charge in [-0.05, 0) is 12.1 Å². The van der Waals surface area contributed by atoms with E-state index in [2.05, 4.69) is 4.99 Å². The predicted octanol–water partition coefficient (Wildman–Crippen LogP) is 0.348. The van der Waals surface area contributed by atoms with Gasteiger partial charge in [0.2, 0.25) is 0 Å². The summed E-state index contributed by atoms with van der Waals surface area (Å²) in [7, 11) is 0. The fourth-order valence-electron chi connectivity index (χ4n) is 1.22. The summed E-state index contributed by atoms with van der Waals surface area (Å²) in [6.07, 6.45) is 0. The van der Waals surface area contributed by atoms with Crippen LogP contribution in [0.3, 0.4) is 0 Å². The van der Waals surface area contributed by atoms with Crippen molar-refractivity contribution in [3.63, 3.8) is 0 Å². The molecule has 2 rings (SSSR count). The quantitative estimate of drug-likeness (QED) is 0.669. The number of carbonyl (C=O) groups is 1. The third-order valence-corrected chi connectivity index (χ3v) is 1.91. The van der Waals surface area contributed by atoms with Crippen molar-refractivity contribution in [1.82, 2.24) is 0 Å². The van der Waals surface area contributed by atoms with Gasteiger partial charge >= 0.3 is 0 Å². The Hall–Kier alpha value is -1.84. The van der Waals surface area contributed by atoms with Gasteiger partial charge in [0.05, 0.1) is 0 Å². The molecule has 0 spiro atoms. The molecule has 1 aromatic carbocycles. The van der Waals surface area contributed by atoms with Gasteiger partial charge in [0.15, 0.2) is 5.84 Å². The van der Waals surface area contributed by atoms with Gasteiger partial charge in [0.1, 0.15) is 6.67 Å². The van der Waals surface area contributed by atoms with Crippen LogP contribution >= 0.6 is 0 Å². The van der Waals surface area contributed by atoms with Gasteiger partial charge in [-0.2, -0.15) is 0 Å². The summed E-state index contributed by atoms with van der Waals surface area (Å²) >= 11 is 0. The summed E-state index contributed by atoms with van der Waals surface area (Å²) < 4.78 is 0. The van der Waals surface area contributed by atoms with Crippen molar-refractivity contribution >= 4 is 17.4 Å². The topological polar surface area (TPSA) is 58.7 Å². The first-order valence-corrected chi connectivity index (χ1v) is 3.96. The molecule has 0 unspecified atom stereocenters. The van der Waals surface area contributed by atoms with E-state index in [-0.39, 0.29) is 11.7 Å². The van der Waals surface area contributed by atoms with E-state index in [9.17, 15) is 4.79 Å². The maximum Gasteiger partial charge on any atom is 0.294 e. The number of hydrogen-bond acceptors (Lipinski definition) is 3. The molecule has 2 N–H and O–H groups in total. The lowest BCUT2D eigenvalue weighted by molar-refractivity contribution is -0.112. The standard InChI is InChI=1S/C9H9N3O/c10-8-9(13)12(6-11-8)7-4-2-1-3-5-7/h1-5H,6H2,(H2,10,11). The minimum atomic E-state index is -0.216. The fourth-order valence-corrected chi connectivity index (χ4v) is 1.22. The fraction of sp³-hybridized carbons (Fsp3) is 0.111. The van der Waals surface area contributed by atoms with E-state index >= 15 is 0 Å². The average molecular weight is 175 g/mol. The van der Waals surface area contributed by atoms with Crippen LogP contribution in [0.2, 0.25) is 0 Å². The van der Waals surface area contributed by atoms with Gasteiger partial charge in [-0.25, -0.2) is 4.99 Å². The third kappa shape index (κ3) is 1.26. The first kappa shape index (κ1) is 7.79. The predicted molar refractivity (Wildman–Crippen MR) is 50.4 cm³/mol. The average Bonchev–Trinajstić information content (AvgIpc) is 2.49. The number of benzene rings is 1. The van der Waals surface area contributed by atoms with Crippen molar-refractivity contribution in [3.8, 4) is 0 Å². The molecule has 0 aromatic heterocycles. The zero-order valence-electron chi connectivity index (χ0n) is 6.97. The first-order chi connectivity index (χ1) is 6.29. The minimum Gasteiger partial charge on any atom is -0.379 e. The van der Waals surface area contributed by atoms with E-state index in [4.69, 9.17) is 5.73 Å². The van der Waals surface area contributed by atoms with Crippen molar-refractivity contribution < 1.29 is 4.79 Å². The van der Waals surface area contributed by atoms with Crippen molar-refractivity contribution in [2.24, 2.45) is 10.7 Å². The van der Waals surface area contributed by atoms with E-state index < -0.39 is 0 Å². The summed E-state index contributed by atoms with van der Waals surface area (Å²) in [6, 6.07) is 9.35. The Morgan fingerprint density at radius 1 is 1.31 bits per heavy atom. The Kier molecular flexibility index (Phi) is 1.73. The summed E-state index contributed by atoms with van der Waals surface area (Å²) in [6.45, 7) is 0.328. The molecule has 1 aromatic rings. The number of amidine groups is 1. The minimum absolute atomic E-state index is 0.0869. The van der Waals surface area contributed by atoms with Crippen LogP contribution in [-0.4, -0.2) is 18.4 Å². The highest BCUT2D eigenvalue weighted by Gasteiger charge is 2.23. The van der Waals surface area contributed by atoms with Crippen LogP contribution in [0.5, 0.6) is 0 Å². The van der Waals surface area contributed by atoms with E-state index in [1.807, 2.05) is 30.3 Å². The number of hydrogen-bond donors (Lipinski definition) is 1. The smallest absolute Gasteiger partial charge is 0.294 e. The SMILES string of the molecule is NC1=NCN(c2ccccc2)C1=O. The van der Waals surface area contributed by atoms with Gasteiger partial charge in [-0.15, -0.1) is 0 Å². The largest absolute Gasteiger partial charge is 0.379 e. The highest BCUT2D eigenvalue weighted by Crippen LogP contribution is 2.15. The number of amides is 1. The second-order valence-electron chi connectivity index (χ2n) is 2.75. The molecule has 4 heteroatoms. The van der Waals surface area contributed by atoms with Crippen molar-refractivity contribution in [1.29, 1.82) is 0 Å². The second-order valence-corrected chi connectivity index (χ2v) is 2.75. The van der Waals surface area contributed by atoms with Crippen LogP contribution in [0.15, 0.2) is 35.3 Å². The summed E-state index contributed by atoms with van der Waals surface area (Å²) in [5.74, 6) is -0.130. The van der Waals surface area contributed by atoms with Crippen LogP contribution in [0.25, 0.3) is 0 Å². The molecule has 1 aliphatic rings. The Morgan fingerprint density at radius 2 is 2.00 bits per heavy atom. The van der Waals surface area contributed by atoms with E-state index in [1.54, 1.807) is 0 Å². The Balaban J connectivity index is 2.27. The Labute approximate surface area is 75.7 Å². The molecule has 0 aliphatic carbocycles. The van der Waals surface area contributed by atoms with Crippen LogP contribution in [0.1, 0.15) is 0 Å². The molecule has 0 fully saturated rings. The first-order valence-electron chi connectivity index (χ1n) is 3.96. The second kappa shape index (κ2) is 2.90. The number of carbonyl (C=O) groups excluding carboxylic acids is 1. The number of aliphatic imine (C=N–C) groups is 1. The lowest BCUT2D eigenvalue weighted by atomic mass is 10.3. The lowest BCUT2D eigenvalue weighted by Crippen LogP contribution is -2.33. The molecule has 0 bridgehead atoms. The zero-order valence-corrected chi connectivity index (χ0v) is 6.97. The highest BCUT2D eigenvalue weighted by atomic mass is 16.2. The van der Waals surface area contributed by atoms with Crippen molar-refractivity contribution in [2.75, 3.05) is 11.6 Å². The van der Waals surface area contributed by atoms with Crippen LogP contribution in [-0.2, 0) is 4.79 Å². The number of nitrogens with zero attached hydrogens (tertiary/aromatic N) is 2. The maximum atomic E-state index is 11.4. The molecule has 4 nitrogen and oxygen atoms in total. The molecular weight excluding hydrogens is 166 g/mol. The zero-order chi connectivity index (χ0) is 9.26. The van der Waals surface area contributed by atoms with Crippen LogP contribution in [0.4, 0.5) is 5.69 Å². The van der Waals surface area contributed by atoms with E-state index in [1.165, 1.54) is 4.90 Å². The normalized spacial score (nSPS) is 16.2. The number of para-hydroxylation sites is 1. The Morgan fingerprint density at radius 3 is 2.54 bits per heavy atom. The molecule has 1 amide bonds. The van der Waals surface area contributed by atoms with Gasteiger partial charge in [-0.3, -0.25) is 9.69 Å². The molecule has 0 saturated heterocycles. The van der Waals surface area contributed by atoms with Crippen LogP contribution in [0, 0.1) is 0 Å². The molecule has 0 saturated carbocycles. The lowest BCUT2D eigenvalue weighted by Gasteiger charge is -2.13. The van der Waals surface area contributed by atoms with Crippen LogP contribution < -0.4 is 10.6 Å². The molecule has 0 radical (unpaired) electrons. The Bertz CT molecular complexity index is 358. The number of rotatable bonds is 1. The van der Waals surface area contributed by atoms with E-state index in [0.717, 1.165) is 5.69 Å². The summed E-state index contributed by atoms with van der Waals surface area (Å²) in [5.41, 5.74) is 6.20. The summed E-state index contributed by atoms with van der Waals surface area (Å²) in [4.78, 5) is 16.8. The van der Waals surface area contributed by atoms with Gasteiger partial charge < -0.3 is 5.73 Å². The molecule has 13 heavy (non-hydrogen) atoms. The van der Waals surface area contributed by atoms with Gasteiger partial charge in [-0.1, -0.05) is 18.2 Å². The molecule has 1 heterocycles. The molecule has 0 atom stereocenters. The van der Waals surface area contributed by atoms with Crippen molar-refractivity contribution in [2.45, 2.75) is 0 Å². The third-order valence-electron chi connectivity index (χ3n) is 1.91.